The molecule has 0 aliphatic heterocycles. The van der Waals surface area contributed by atoms with Gasteiger partial charge in [-0.2, -0.15) is 0 Å². The molecule has 354 valence electrons. The van der Waals surface area contributed by atoms with Crippen molar-refractivity contribution >= 4 is 5.97 Å². The van der Waals surface area contributed by atoms with Crippen molar-refractivity contribution in [2.24, 2.45) is 52.3 Å². The van der Waals surface area contributed by atoms with E-state index in [4.69, 9.17) is 23.7 Å². The summed E-state index contributed by atoms with van der Waals surface area (Å²) in [5.41, 5.74) is 5.71. The fourth-order valence-electron chi connectivity index (χ4n) is 13.2. The van der Waals surface area contributed by atoms with Gasteiger partial charge in [0.2, 0.25) is 0 Å². The Bertz CT molecular complexity index is 2140. The molecule has 8 rings (SSSR count). The van der Waals surface area contributed by atoms with Crippen molar-refractivity contribution in [3.8, 4) is 0 Å². The average Bonchev–Trinajstić information content (AvgIpc) is 3.69. The van der Waals surface area contributed by atoms with E-state index in [9.17, 15) is 9.90 Å². The zero-order valence-corrected chi connectivity index (χ0v) is 40.4. The van der Waals surface area contributed by atoms with E-state index in [-0.39, 0.29) is 64.9 Å². The second kappa shape index (κ2) is 21.9. The van der Waals surface area contributed by atoms with Crippen LogP contribution in [0.5, 0.6) is 0 Å². The van der Waals surface area contributed by atoms with Gasteiger partial charge in [-0.25, -0.2) is 0 Å². The van der Waals surface area contributed by atoms with Crippen molar-refractivity contribution in [3.05, 3.63) is 155 Å². The third kappa shape index (κ3) is 10.8. The molecule has 0 aromatic heterocycles. The number of ether oxygens (including phenoxy) is 5. The van der Waals surface area contributed by atoms with Crippen LogP contribution in [0.2, 0.25) is 0 Å². The first kappa shape index (κ1) is 48.4. The Hall–Kier alpha value is -4.11. The lowest BCUT2D eigenvalue weighted by Gasteiger charge is -2.66. The smallest absolute Gasteiger partial charge is 0.302 e. The molecule has 4 aliphatic rings. The van der Waals surface area contributed by atoms with Crippen molar-refractivity contribution in [2.75, 3.05) is 6.61 Å². The largest absolute Gasteiger partial charge is 0.466 e. The van der Waals surface area contributed by atoms with E-state index in [1.54, 1.807) is 0 Å². The molecule has 0 bridgehead atoms. The Balaban J connectivity index is 1.16. The number of allylic oxidation sites excluding steroid dienone is 1. The van der Waals surface area contributed by atoms with Gasteiger partial charge in [0.25, 0.3) is 0 Å². The zero-order chi connectivity index (χ0) is 46.3. The van der Waals surface area contributed by atoms with Gasteiger partial charge >= 0.3 is 5.97 Å². The number of rotatable bonds is 20. The molecule has 66 heavy (non-hydrogen) atoms. The number of esters is 1. The molecule has 0 spiro atoms. The van der Waals surface area contributed by atoms with Crippen LogP contribution in [0.15, 0.2) is 133 Å². The molecule has 0 radical (unpaired) electrons. The fraction of sp³-hybridized carbons (Fsp3) is 0.542. The predicted octanol–water partition coefficient (Wildman–Crippen LogP) is 12.3. The first-order valence-corrected chi connectivity index (χ1v) is 25.1. The van der Waals surface area contributed by atoms with E-state index in [1.807, 2.05) is 0 Å². The maximum absolute atomic E-state index is 12.1. The number of aliphatic hydroxyl groups excluding tert-OH is 1. The lowest BCUT2D eigenvalue weighted by molar-refractivity contribution is -0.282. The molecule has 3 fully saturated rings. The summed E-state index contributed by atoms with van der Waals surface area (Å²) in [4.78, 5) is 11.6. The molecule has 13 atom stereocenters. The lowest BCUT2D eigenvalue weighted by atomic mass is 9.42. The summed E-state index contributed by atoms with van der Waals surface area (Å²) >= 11 is 0. The molecular weight excluding hydrogens is 821 g/mol. The Morgan fingerprint density at radius 3 is 1.71 bits per heavy atom. The monoisotopic (exact) mass is 897 g/mol. The number of hydrogen-bond acceptors (Lipinski definition) is 7. The van der Waals surface area contributed by atoms with Crippen LogP contribution in [0.3, 0.4) is 0 Å². The summed E-state index contributed by atoms with van der Waals surface area (Å²) in [6.07, 6.45) is 7.67. The van der Waals surface area contributed by atoms with Crippen LogP contribution < -0.4 is 0 Å². The highest BCUT2D eigenvalue weighted by Gasteiger charge is 2.68. The van der Waals surface area contributed by atoms with E-state index in [0.29, 0.717) is 57.2 Å². The van der Waals surface area contributed by atoms with Crippen molar-refractivity contribution in [1.29, 1.82) is 0 Å². The molecule has 4 aliphatic carbocycles. The number of fused-ring (bicyclic) bond motifs is 5. The molecule has 1 N–H and O–H groups in total. The number of aliphatic hydroxyl groups is 1. The maximum Gasteiger partial charge on any atom is 0.302 e. The van der Waals surface area contributed by atoms with E-state index < -0.39 is 6.10 Å². The van der Waals surface area contributed by atoms with Crippen LogP contribution >= 0.6 is 0 Å². The Morgan fingerprint density at radius 2 is 1.18 bits per heavy atom. The highest BCUT2D eigenvalue weighted by molar-refractivity contribution is 5.65. The SMILES string of the molecule is CC(=O)OCCC(CC(O)C(C)C1=CCC2C3C(OCc4ccccc4)C(OCc4ccccc4)C4CC(OCc5ccccc5)CC(OCc5ccccc5)C4(C)C3CCC12C)C(C)C. The molecule has 7 nitrogen and oxygen atoms in total. The Morgan fingerprint density at radius 1 is 0.667 bits per heavy atom. The van der Waals surface area contributed by atoms with Crippen LogP contribution in [-0.4, -0.2) is 48.2 Å². The van der Waals surface area contributed by atoms with Gasteiger partial charge < -0.3 is 28.8 Å². The first-order chi connectivity index (χ1) is 32.0. The van der Waals surface area contributed by atoms with Crippen molar-refractivity contribution in [1.82, 2.24) is 0 Å². The zero-order valence-electron chi connectivity index (χ0n) is 40.4. The molecular formula is C59H76O7. The van der Waals surface area contributed by atoms with Gasteiger partial charge in [0.05, 0.1) is 63.6 Å². The fourth-order valence-corrected chi connectivity index (χ4v) is 13.2. The van der Waals surface area contributed by atoms with Crippen LogP contribution in [0, 0.1) is 52.3 Å². The van der Waals surface area contributed by atoms with Gasteiger partial charge in [-0.1, -0.05) is 168 Å². The Labute approximate surface area is 395 Å². The Kier molecular flexibility index (Phi) is 16.0. The number of carbonyl (C=O) groups excluding carboxylic acids is 1. The quantitative estimate of drug-likeness (QED) is 0.0699. The number of benzene rings is 4. The second-order valence-electron chi connectivity index (χ2n) is 21.0. The topological polar surface area (TPSA) is 83.5 Å². The first-order valence-electron chi connectivity index (χ1n) is 25.1. The van der Waals surface area contributed by atoms with Gasteiger partial charge in [0.15, 0.2) is 0 Å². The summed E-state index contributed by atoms with van der Waals surface area (Å²) < 4.78 is 34.6. The molecule has 4 aromatic carbocycles. The molecule has 7 heteroatoms. The molecule has 4 aromatic rings. The van der Waals surface area contributed by atoms with E-state index >= 15 is 0 Å². The minimum absolute atomic E-state index is 0.00794. The normalized spacial score (nSPS) is 30.6. The predicted molar refractivity (Wildman–Crippen MR) is 261 cm³/mol. The van der Waals surface area contributed by atoms with Crippen molar-refractivity contribution in [3.63, 3.8) is 0 Å². The highest BCUT2D eigenvalue weighted by Crippen LogP contribution is 2.68. The number of carbonyl (C=O) groups is 1. The second-order valence-corrected chi connectivity index (χ2v) is 21.0. The van der Waals surface area contributed by atoms with Crippen molar-refractivity contribution in [2.45, 2.75) is 143 Å². The van der Waals surface area contributed by atoms with Crippen LogP contribution in [0.25, 0.3) is 0 Å². The van der Waals surface area contributed by atoms with E-state index in [0.717, 1.165) is 49.7 Å². The standard InChI is InChI=1S/C59H76O7/c1-40(2)47(30-32-62-42(4)60)33-53(61)41(3)49-27-28-50-55-51(29-31-58(49,50)5)59(6)52(56(65-38-45-23-15-9-16-24-45)57(55)66-39-46-25-17-10-18-26-46)34-48(63-36-43-19-11-7-12-20-43)35-54(59)64-37-44-21-13-8-14-22-44/h7-27,40-41,47-48,50-57,61H,28-39H2,1-6H3. The minimum Gasteiger partial charge on any atom is -0.466 e. The van der Waals surface area contributed by atoms with Crippen molar-refractivity contribution < 1.29 is 33.6 Å². The highest BCUT2D eigenvalue weighted by atomic mass is 16.5. The number of hydrogen-bond donors (Lipinski definition) is 1. The van der Waals surface area contributed by atoms with Gasteiger partial charge in [0.1, 0.15) is 0 Å². The molecule has 13 unspecified atom stereocenters. The third-order valence-electron chi connectivity index (χ3n) is 16.9. The summed E-state index contributed by atoms with van der Waals surface area (Å²) in [5, 5.41) is 12.1. The minimum atomic E-state index is -0.503. The van der Waals surface area contributed by atoms with E-state index in [2.05, 4.69) is 162 Å². The average molecular weight is 897 g/mol. The molecule has 0 saturated heterocycles. The summed E-state index contributed by atoms with van der Waals surface area (Å²) in [5.74, 6) is 1.25. The van der Waals surface area contributed by atoms with Gasteiger partial charge in [-0.3, -0.25) is 4.79 Å². The molecule has 0 amide bonds. The molecule has 0 heterocycles. The van der Waals surface area contributed by atoms with Crippen LogP contribution in [0.1, 0.15) is 109 Å². The van der Waals surface area contributed by atoms with Gasteiger partial charge in [0, 0.05) is 24.7 Å². The van der Waals surface area contributed by atoms with Gasteiger partial charge in [-0.15, -0.1) is 0 Å². The lowest BCUT2D eigenvalue weighted by Crippen LogP contribution is -2.69. The maximum atomic E-state index is 12.1. The van der Waals surface area contributed by atoms with E-state index in [1.165, 1.54) is 23.6 Å². The molecule has 3 saturated carbocycles. The van der Waals surface area contributed by atoms with Gasteiger partial charge in [-0.05, 0) is 102 Å². The van der Waals surface area contributed by atoms with Crippen LogP contribution in [0.4, 0.5) is 0 Å². The third-order valence-corrected chi connectivity index (χ3v) is 16.9. The summed E-state index contributed by atoms with van der Waals surface area (Å²) in [6.45, 7) is 15.7. The summed E-state index contributed by atoms with van der Waals surface area (Å²) in [6, 6.07) is 42.4. The summed E-state index contributed by atoms with van der Waals surface area (Å²) in [7, 11) is 0. The van der Waals surface area contributed by atoms with Crippen LogP contribution in [-0.2, 0) is 54.9 Å².